The van der Waals surface area contributed by atoms with Crippen LogP contribution in [-0.4, -0.2) is 29.1 Å². The molecule has 22 heavy (non-hydrogen) atoms. The maximum Gasteiger partial charge on any atom is 0.335 e. The number of hydrogen-bond donors (Lipinski definition) is 2. The lowest BCUT2D eigenvalue weighted by atomic mass is 9.79. The van der Waals surface area contributed by atoms with Crippen molar-refractivity contribution in [2.45, 2.75) is 18.9 Å². The topological polar surface area (TPSA) is 92.7 Å². The molecule has 4 rings (SSSR count). The number of anilines is 1. The van der Waals surface area contributed by atoms with Crippen LogP contribution in [0.3, 0.4) is 0 Å². The first kappa shape index (κ1) is 13.3. The molecule has 2 saturated carbocycles. The zero-order valence-corrected chi connectivity index (χ0v) is 11.7. The zero-order chi connectivity index (χ0) is 15.4. The van der Waals surface area contributed by atoms with Crippen LogP contribution >= 0.6 is 0 Å². The summed E-state index contributed by atoms with van der Waals surface area (Å²) < 4.78 is 5.33. The van der Waals surface area contributed by atoms with Gasteiger partial charge in [0, 0.05) is 11.6 Å². The molecule has 2 bridgehead atoms. The number of benzene rings is 1. The summed E-state index contributed by atoms with van der Waals surface area (Å²) in [6.07, 6.45) is 1.68. The number of aromatic carboxylic acids is 1. The number of hydrogen-bond acceptors (Lipinski definition) is 4. The van der Waals surface area contributed by atoms with Gasteiger partial charge in [0.25, 0.3) is 0 Å². The minimum atomic E-state index is -1.01. The molecule has 6 nitrogen and oxygen atoms in total. The van der Waals surface area contributed by atoms with Gasteiger partial charge in [0.2, 0.25) is 5.91 Å². The number of ether oxygens (including phenoxy) is 1. The number of amides is 1. The molecule has 1 heterocycles. The molecule has 1 saturated heterocycles. The molecule has 6 heteroatoms. The summed E-state index contributed by atoms with van der Waals surface area (Å²) in [7, 11) is 0. The highest BCUT2D eigenvalue weighted by molar-refractivity contribution is 5.97. The second-order valence-corrected chi connectivity index (χ2v) is 6.29. The Labute approximate surface area is 126 Å². The summed E-state index contributed by atoms with van der Waals surface area (Å²) in [6, 6.07) is 6.01. The van der Waals surface area contributed by atoms with Crippen LogP contribution in [0.4, 0.5) is 5.69 Å². The Morgan fingerprint density at radius 1 is 1.18 bits per heavy atom. The van der Waals surface area contributed by atoms with Crippen LogP contribution in [0.1, 0.15) is 23.2 Å². The molecule has 0 radical (unpaired) electrons. The summed E-state index contributed by atoms with van der Waals surface area (Å²) >= 11 is 0. The van der Waals surface area contributed by atoms with E-state index in [0.717, 1.165) is 12.8 Å². The van der Waals surface area contributed by atoms with Crippen molar-refractivity contribution in [3.63, 3.8) is 0 Å². The zero-order valence-electron chi connectivity index (χ0n) is 11.7. The van der Waals surface area contributed by atoms with Gasteiger partial charge < -0.3 is 15.2 Å². The maximum absolute atomic E-state index is 12.5. The smallest absolute Gasteiger partial charge is 0.335 e. The summed E-state index contributed by atoms with van der Waals surface area (Å²) in [4.78, 5) is 35.2. The molecule has 1 aromatic rings. The van der Waals surface area contributed by atoms with Crippen LogP contribution in [0, 0.1) is 23.7 Å². The van der Waals surface area contributed by atoms with Gasteiger partial charge in [-0.25, -0.2) is 4.79 Å². The highest BCUT2D eigenvalue weighted by Gasteiger charge is 2.63. The van der Waals surface area contributed by atoms with E-state index in [-0.39, 0.29) is 47.2 Å². The molecule has 0 unspecified atom stereocenters. The molecule has 1 amide bonds. The number of carboxylic acids is 1. The van der Waals surface area contributed by atoms with E-state index in [1.807, 2.05) is 0 Å². The Morgan fingerprint density at radius 3 is 2.59 bits per heavy atom. The number of rotatable bonds is 3. The monoisotopic (exact) mass is 301 g/mol. The highest BCUT2D eigenvalue weighted by atomic mass is 16.6. The van der Waals surface area contributed by atoms with E-state index in [1.54, 1.807) is 12.1 Å². The Morgan fingerprint density at radius 2 is 1.91 bits per heavy atom. The number of esters is 1. The lowest BCUT2D eigenvalue weighted by Gasteiger charge is -2.23. The van der Waals surface area contributed by atoms with Crippen molar-refractivity contribution in [1.82, 2.24) is 0 Å². The minimum Gasteiger partial charge on any atom is -0.478 e. The van der Waals surface area contributed by atoms with Crippen LogP contribution < -0.4 is 5.32 Å². The molecule has 1 aromatic carbocycles. The van der Waals surface area contributed by atoms with Crippen molar-refractivity contribution >= 4 is 23.5 Å². The fraction of sp³-hybridized carbons (Fsp3) is 0.438. The Hall–Kier alpha value is -2.37. The summed E-state index contributed by atoms with van der Waals surface area (Å²) in [6.45, 7) is 0. The molecule has 3 aliphatic rings. The largest absolute Gasteiger partial charge is 0.478 e. The highest BCUT2D eigenvalue weighted by Crippen LogP contribution is 2.57. The van der Waals surface area contributed by atoms with Gasteiger partial charge in [-0.05, 0) is 43.0 Å². The lowest BCUT2D eigenvalue weighted by molar-refractivity contribution is -0.145. The molecule has 5 atom stereocenters. The number of carbonyl (C=O) groups excluding carboxylic acids is 2. The number of fused-ring (bicyclic) bond motifs is 1. The first-order valence-electron chi connectivity index (χ1n) is 7.39. The fourth-order valence-electron chi connectivity index (χ4n) is 4.28. The van der Waals surface area contributed by atoms with Crippen molar-refractivity contribution in [1.29, 1.82) is 0 Å². The summed E-state index contributed by atoms with van der Waals surface area (Å²) in [5.41, 5.74) is 0.709. The van der Waals surface area contributed by atoms with Crippen LogP contribution in [0.5, 0.6) is 0 Å². The predicted octanol–water partition coefficient (Wildman–Crippen LogP) is 1.52. The standard InChI is InChI=1S/C16H15NO5/c18-14(17-9-3-1-7(2-4-9)15(19)20)12-8-5-10-11(6-8)22-16(21)13(10)12/h1-4,8,10-13H,5-6H2,(H,17,18)(H,19,20)/t8-,10+,11-,12+,13+/m1/s1. The molecule has 3 fully saturated rings. The molecular formula is C16H15NO5. The molecule has 0 spiro atoms. The summed E-state index contributed by atoms with van der Waals surface area (Å²) in [5, 5.41) is 11.7. The molecular weight excluding hydrogens is 286 g/mol. The van der Waals surface area contributed by atoms with Crippen molar-refractivity contribution in [3.8, 4) is 0 Å². The van der Waals surface area contributed by atoms with Gasteiger partial charge in [-0.2, -0.15) is 0 Å². The first-order chi connectivity index (χ1) is 10.5. The molecule has 2 aliphatic carbocycles. The van der Waals surface area contributed by atoms with E-state index in [1.165, 1.54) is 12.1 Å². The average molecular weight is 301 g/mol. The number of carbonyl (C=O) groups is 3. The van der Waals surface area contributed by atoms with Crippen molar-refractivity contribution in [3.05, 3.63) is 29.8 Å². The molecule has 0 aromatic heterocycles. The SMILES string of the molecule is O=C(O)c1ccc(NC(=O)[C@H]2[C@@H]3C[C@@H]4[C@@H]2C(=O)O[C@@H]4C3)cc1. The van der Waals surface area contributed by atoms with Crippen LogP contribution in [0.2, 0.25) is 0 Å². The minimum absolute atomic E-state index is 0.0152. The van der Waals surface area contributed by atoms with Crippen molar-refractivity contribution in [2.75, 3.05) is 5.32 Å². The Bertz CT molecular complexity index is 666. The van der Waals surface area contributed by atoms with Gasteiger partial charge >= 0.3 is 11.9 Å². The predicted molar refractivity (Wildman–Crippen MR) is 75.1 cm³/mol. The maximum atomic E-state index is 12.5. The average Bonchev–Trinajstić information content (AvgIpc) is 3.09. The fourth-order valence-corrected chi connectivity index (χ4v) is 4.28. The van der Waals surface area contributed by atoms with Crippen LogP contribution in [0.25, 0.3) is 0 Å². The van der Waals surface area contributed by atoms with E-state index in [9.17, 15) is 14.4 Å². The quantitative estimate of drug-likeness (QED) is 0.826. The van der Waals surface area contributed by atoms with Gasteiger partial charge in [0.1, 0.15) is 6.10 Å². The van der Waals surface area contributed by atoms with E-state index >= 15 is 0 Å². The normalized spacial score (nSPS) is 34.5. The third-order valence-corrected chi connectivity index (χ3v) is 5.19. The summed E-state index contributed by atoms with van der Waals surface area (Å²) in [5.74, 6) is -1.63. The first-order valence-corrected chi connectivity index (χ1v) is 7.39. The number of nitrogens with one attached hydrogen (secondary N) is 1. The Kier molecular flexibility index (Phi) is 2.76. The van der Waals surface area contributed by atoms with E-state index in [4.69, 9.17) is 9.84 Å². The Balaban J connectivity index is 1.51. The van der Waals surface area contributed by atoms with Crippen molar-refractivity contribution in [2.24, 2.45) is 23.7 Å². The van der Waals surface area contributed by atoms with Gasteiger partial charge in [-0.3, -0.25) is 9.59 Å². The van der Waals surface area contributed by atoms with Gasteiger partial charge in [0.05, 0.1) is 17.4 Å². The third-order valence-electron chi connectivity index (χ3n) is 5.19. The van der Waals surface area contributed by atoms with Crippen LogP contribution in [0.15, 0.2) is 24.3 Å². The van der Waals surface area contributed by atoms with E-state index < -0.39 is 5.97 Å². The van der Waals surface area contributed by atoms with Gasteiger partial charge in [-0.1, -0.05) is 0 Å². The molecule has 114 valence electrons. The second-order valence-electron chi connectivity index (χ2n) is 6.29. The van der Waals surface area contributed by atoms with Gasteiger partial charge in [-0.15, -0.1) is 0 Å². The number of carboxylic acid groups (broad SMARTS) is 1. The lowest BCUT2D eigenvalue weighted by Crippen LogP contribution is -2.35. The van der Waals surface area contributed by atoms with Crippen LogP contribution in [-0.2, 0) is 14.3 Å². The molecule has 1 aliphatic heterocycles. The second kappa shape index (κ2) is 4.56. The van der Waals surface area contributed by atoms with Gasteiger partial charge in [0.15, 0.2) is 0 Å². The molecule has 2 N–H and O–H groups in total. The van der Waals surface area contributed by atoms with E-state index in [2.05, 4.69) is 5.32 Å². The third kappa shape index (κ3) is 1.83. The van der Waals surface area contributed by atoms with E-state index in [0.29, 0.717) is 5.69 Å². The van der Waals surface area contributed by atoms with Crippen molar-refractivity contribution < 1.29 is 24.2 Å².